The molecule has 1 aliphatic rings. The van der Waals surface area contributed by atoms with Gasteiger partial charge in [-0.25, -0.2) is 0 Å². The molecule has 0 aliphatic carbocycles. The maximum Gasteiger partial charge on any atom is 0.266 e. The van der Waals surface area contributed by atoms with Gasteiger partial charge in [-0.15, -0.1) is 0 Å². The summed E-state index contributed by atoms with van der Waals surface area (Å²) in [6, 6.07) is 5.72. The lowest BCUT2D eigenvalue weighted by Crippen LogP contribution is -2.28. The van der Waals surface area contributed by atoms with E-state index in [1.165, 1.54) is 11.8 Å². The smallest absolute Gasteiger partial charge is 0.266 e. The molecule has 1 aromatic rings. The van der Waals surface area contributed by atoms with Gasteiger partial charge in [0.15, 0.2) is 16.7 Å². The average Bonchev–Trinajstić information content (AvgIpc) is 2.91. The molecule has 1 atom stereocenters. The minimum absolute atomic E-state index is 0.00130. The van der Waals surface area contributed by atoms with Crippen LogP contribution in [-0.2, 0) is 4.79 Å². The van der Waals surface area contributed by atoms with Gasteiger partial charge in [-0.1, -0.05) is 13.0 Å². The summed E-state index contributed by atoms with van der Waals surface area (Å²) >= 11 is 1.42. The second kappa shape index (κ2) is 8.94. The molecule has 0 spiro atoms. The highest BCUT2D eigenvalue weighted by Crippen LogP contribution is 2.35. The van der Waals surface area contributed by atoms with E-state index < -0.39 is 0 Å². The fraction of sp³-hybridized carbons (Fsp3) is 0.474. The Bertz CT molecular complexity index is 685. The molecule has 0 bridgehead atoms. The monoisotopic (exact) mass is 362 g/mol. The molecule has 5 nitrogen and oxygen atoms in total. The van der Waals surface area contributed by atoms with Crippen molar-refractivity contribution in [2.75, 3.05) is 20.2 Å². The Hall–Kier alpha value is -1.95. The zero-order chi connectivity index (χ0) is 18.4. The lowest BCUT2D eigenvalue weighted by molar-refractivity contribution is -0.122. The third kappa shape index (κ3) is 4.57. The third-order valence-electron chi connectivity index (χ3n) is 3.89. The Labute approximate surface area is 154 Å². The molecule has 2 rings (SSSR count). The van der Waals surface area contributed by atoms with E-state index in [0.717, 1.165) is 17.2 Å². The van der Waals surface area contributed by atoms with Crippen LogP contribution in [0.4, 0.5) is 0 Å². The molecule has 136 valence electrons. The van der Waals surface area contributed by atoms with Crippen LogP contribution in [0.1, 0.15) is 39.7 Å². The average molecular weight is 362 g/mol. The quantitative estimate of drug-likeness (QED) is 0.683. The number of carbonyl (C=O) groups is 1. The summed E-state index contributed by atoms with van der Waals surface area (Å²) in [5.41, 5.74) is 0.901. The first-order valence-electron chi connectivity index (χ1n) is 8.64. The maximum atomic E-state index is 12.5. The highest BCUT2D eigenvalue weighted by atomic mass is 32.2. The highest BCUT2D eigenvalue weighted by molar-refractivity contribution is 8.18. The summed E-state index contributed by atoms with van der Waals surface area (Å²) in [5, 5.41) is 0.768. The van der Waals surface area contributed by atoms with E-state index in [1.54, 1.807) is 12.0 Å². The van der Waals surface area contributed by atoms with Gasteiger partial charge in [0.05, 0.1) is 18.1 Å². The van der Waals surface area contributed by atoms with E-state index in [9.17, 15) is 4.79 Å². The summed E-state index contributed by atoms with van der Waals surface area (Å²) in [6.07, 6.45) is 2.92. The summed E-state index contributed by atoms with van der Waals surface area (Å²) in [7, 11) is 1.62. The fourth-order valence-corrected chi connectivity index (χ4v) is 3.47. The predicted octanol–water partition coefficient (Wildman–Crippen LogP) is 4.18. The van der Waals surface area contributed by atoms with E-state index in [2.05, 4.69) is 11.9 Å². The van der Waals surface area contributed by atoms with Crippen LogP contribution in [0.25, 0.3) is 6.08 Å². The molecule has 1 aliphatic heterocycles. The van der Waals surface area contributed by atoms with Crippen molar-refractivity contribution in [1.29, 1.82) is 0 Å². The van der Waals surface area contributed by atoms with Crippen molar-refractivity contribution in [3.8, 4) is 11.5 Å². The normalized spacial score (nSPS) is 18.9. The highest BCUT2D eigenvalue weighted by Gasteiger charge is 2.31. The molecule has 0 aromatic heterocycles. The molecular formula is C19H26N2O3S. The van der Waals surface area contributed by atoms with Crippen LogP contribution in [0.15, 0.2) is 28.1 Å². The first-order valence-corrected chi connectivity index (χ1v) is 9.46. The molecular weight excluding hydrogens is 336 g/mol. The molecule has 0 unspecified atom stereocenters. The second-order valence-corrected chi connectivity index (χ2v) is 6.67. The summed E-state index contributed by atoms with van der Waals surface area (Å²) in [5.74, 6) is 1.38. The summed E-state index contributed by atoms with van der Waals surface area (Å²) < 4.78 is 11.3. The summed E-state index contributed by atoms with van der Waals surface area (Å²) in [4.78, 5) is 19.3. The molecule has 25 heavy (non-hydrogen) atoms. The number of ether oxygens (including phenoxy) is 2. The molecule has 1 saturated heterocycles. The molecule has 0 saturated carbocycles. The van der Waals surface area contributed by atoms with Crippen LogP contribution in [0, 0.1) is 0 Å². The number of carbonyl (C=O) groups excluding carboxylic acids is 1. The summed E-state index contributed by atoms with van der Waals surface area (Å²) in [6.45, 7) is 9.30. The number of benzene rings is 1. The largest absolute Gasteiger partial charge is 0.493 e. The van der Waals surface area contributed by atoms with Crippen LogP contribution < -0.4 is 9.47 Å². The topological polar surface area (TPSA) is 51.1 Å². The Morgan fingerprint density at radius 1 is 1.28 bits per heavy atom. The van der Waals surface area contributed by atoms with Gasteiger partial charge in [-0.05, 0) is 62.7 Å². The van der Waals surface area contributed by atoms with Crippen molar-refractivity contribution < 1.29 is 14.3 Å². The van der Waals surface area contributed by atoms with Gasteiger partial charge < -0.3 is 9.47 Å². The first kappa shape index (κ1) is 19.4. The molecule has 6 heteroatoms. The predicted molar refractivity (Wildman–Crippen MR) is 104 cm³/mol. The van der Waals surface area contributed by atoms with Gasteiger partial charge in [0, 0.05) is 13.1 Å². The van der Waals surface area contributed by atoms with E-state index in [-0.39, 0.29) is 12.0 Å². The van der Waals surface area contributed by atoms with E-state index in [4.69, 9.17) is 9.47 Å². The number of amidine groups is 1. The minimum atomic E-state index is -0.00130. The van der Waals surface area contributed by atoms with Crippen molar-refractivity contribution in [2.45, 2.75) is 40.2 Å². The number of nitrogens with zero attached hydrogens (tertiary/aromatic N) is 2. The fourth-order valence-electron chi connectivity index (χ4n) is 2.36. The van der Waals surface area contributed by atoms with Crippen molar-refractivity contribution in [3.63, 3.8) is 0 Å². The van der Waals surface area contributed by atoms with Crippen LogP contribution in [0.3, 0.4) is 0 Å². The van der Waals surface area contributed by atoms with E-state index in [0.29, 0.717) is 29.5 Å². The van der Waals surface area contributed by atoms with Gasteiger partial charge in [-0.3, -0.25) is 14.7 Å². The van der Waals surface area contributed by atoms with Crippen LogP contribution in [-0.4, -0.2) is 42.3 Å². The number of likely N-dealkylation sites (N-methyl/N-ethyl adjacent to an activating group) is 1. The van der Waals surface area contributed by atoms with Crippen LogP contribution >= 0.6 is 11.8 Å². The van der Waals surface area contributed by atoms with Gasteiger partial charge in [0.1, 0.15) is 0 Å². The molecule has 1 amide bonds. The van der Waals surface area contributed by atoms with Gasteiger partial charge >= 0.3 is 0 Å². The second-order valence-electron chi connectivity index (χ2n) is 5.66. The van der Waals surface area contributed by atoms with Gasteiger partial charge in [-0.2, -0.15) is 0 Å². The Balaban J connectivity index is 2.29. The lowest BCUT2D eigenvalue weighted by atomic mass is 10.1. The number of amides is 1. The van der Waals surface area contributed by atoms with Crippen LogP contribution in [0.5, 0.6) is 11.5 Å². The molecule has 0 radical (unpaired) electrons. The van der Waals surface area contributed by atoms with Crippen LogP contribution in [0.2, 0.25) is 0 Å². The van der Waals surface area contributed by atoms with E-state index >= 15 is 0 Å². The molecule has 0 N–H and O–H groups in total. The van der Waals surface area contributed by atoms with Crippen molar-refractivity contribution >= 4 is 28.9 Å². The number of thioether (sulfide) groups is 1. The molecule has 1 fully saturated rings. The SMILES string of the molecule is CCN=C1S/C(=C\c2ccc(O[C@H](C)CC)c(OC)c2)C(=O)N1CC. The number of rotatable bonds is 7. The Morgan fingerprint density at radius 3 is 2.64 bits per heavy atom. The Kier molecular flexibility index (Phi) is 6.93. The number of hydrogen-bond acceptors (Lipinski definition) is 5. The molecule has 1 aromatic carbocycles. The minimum Gasteiger partial charge on any atom is -0.493 e. The Morgan fingerprint density at radius 2 is 2.04 bits per heavy atom. The van der Waals surface area contributed by atoms with Gasteiger partial charge in [0.25, 0.3) is 5.91 Å². The van der Waals surface area contributed by atoms with Crippen molar-refractivity contribution in [3.05, 3.63) is 28.7 Å². The third-order valence-corrected chi connectivity index (χ3v) is 4.93. The maximum absolute atomic E-state index is 12.5. The zero-order valence-electron chi connectivity index (χ0n) is 15.5. The van der Waals surface area contributed by atoms with E-state index in [1.807, 2.05) is 45.0 Å². The lowest BCUT2D eigenvalue weighted by Gasteiger charge is -2.15. The van der Waals surface area contributed by atoms with Gasteiger partial charge in [0.2, 0.25) is 0 Å². The van der Waals surface area contributed by atoms with Crippen molar-refractivity contribution in [2.24, 2.45) is 4.99 Å². The number of hydrogen-bond donors (Lipinski definition) is 0. The number of aliphatic imine (C=N–C) groups is 1. The van der Waals surface area contributed by atoms with Crippen molar-refractivity contribution in [1.82, 2.24) is 4.90 Å². The standard InChI is InChI=1S/C19H26N2O3S/c1-6-13(4)24-15-10-9-14(11-16(15)23-5)12-17-18(22)21(8-3)19(25-17)20-7-2/h9-13H,6-8H2,1-5H3/b17-12-,20-19?/t13-/m1/s1. The number of methoxy groups -OCH3 is 1. The first-order chi connectivity index (χ1) is 12.0. The zero-order valence-corrected chi connectivity index (χ0v) is 16.4. The molecule has 1 heterocycles.